The van der Waals surface area contributed by atoms with E-state index < -0.39 is 0 Å². The fourth-order valence-corrected chi connectivity index (χ4v) is 6.19. The Morgan fingerprint density at radius 2 is 1.63 bits per heavy atom. The number of nitrogens with zero attached hydrogens (tertiary/aromatic N) is 3. The van der Waals surface area contributed by atoms with Crippen LogP contribution in [-0.4, -0.2) is 36.4 Å². The van der Waals surface area contributed by atoms with Gasteiger partial charge >= 0.3 is 191 Å². The van der Waals surface area contributed by atoms with Crippen LogP contribution in [0.3, 0.4) is 0 Å². The summed E-state index contributed by atoms with van der Waals surface area (Å²) in [6, 6.07) is 30.3. The quantitative estimate of drug-likeness (QED) is 0.264. The molecule has 35 heavy (non-hydrogen) atoms. The fraction of sp³-hybridized carbons (Fsp3) is 0.133. The molecule has 1 N–H and O–H groups in total. The van der Waals surface area contributed by atoms with Crippen molar-refractivity contribution >= 4 is 33.4 Å². The van der Waals surface area contributed by atoms with Gasteiger partial charge in [0.05, 0.1) is 6.20 Å². The molecule has 4 nitrogen and oxygen atoms in total. The molecule has 0 saturated heterocycles. The molecule has 1 aliphatic carbocycles. The van der Waals surface area contributed by atoms with Crippen molar-refractivity contribution in [2.24, 2.45) is 0 Å². The minimum atomic E-state index is 0.269. The van der Waals surface area contributed by atoms with Gasteiger partial charge in [0.15, 0.2) is 0 Å². The van der Waals surface area contributed by atoms with Gasteiger partial charge in [-0.1, -0.05) is 0 Å². The van der Waals surface area contributed by atoms with Crippen LogP contribution >= 0.6 is 0 Å². The van der Waals surface area contributed by atoms with E-state index in [0.29, 0.717) is 0 Å². The van der Waals surface area contributed by atoms with E-state index in [1.165, 1.54) is 24.8 Å². The van der Waals surface area contributed by atoms with Crippen LogP contribution in [0.5, 0.6) is 0 Å². The zero-order chi connectivity index (χ0) is 23.4. The molecule has 0 aliphatic heterocycles. The monoisotopic (exact) mass is 514 g/mol. The minimum absolute atomic E-state index is 0.269. The van der Waals surface area contributed by atoms with Gasteiger partial charge in [-0.05, 0) is 0 Å². The summed E-state index contributed by atoms with van der Waals surface area (Å²) in [4.78, 5) is 5.26. The molecule has 3 aromatic carbocycles. The molecule has 3 aromatic heterocycles. The molecular formula is C30H23AsN4. The van der Waals surface area contributed by atoms with E-state index in [4.69, 9.17) is 4.98 Å². The predicted octanol–water partition coefficient (Wildman–Crippen LogP) is 6.76. The van der Waals surface area contributed by atoms with Crippen molar-refractivity contribution in [3.63, 3.8) is 0 Å². The van der Waals surface area contributed by atoms with E-state index in [9.17, 15) is 0 Å². The van der Waals surface area contributed by atoms with Crippen molar-refractivity contribution in [1.82, 2.24) is 19.6 Å². The van der Waals surface area contributed by atoms with Crippen molar-refractivity contribution in [3.8, 4) is 33.6 Å². The number of H-pyrrole nitrogens is 1. The number of pyridine rings is 1. The fourth-order valence-electron chi connectivity index (χ4n) is 5.21. The number of fused-ring (bicyclic) bond motifs is 2. The molecule has 6 aromatic rings. The van der Waals surface area contributed by atoms with Crippen LogP contribution < -0.4 is 0 Å². The number of aromatic amines is 1. The van der Waals surface area contributed by atoms with Crippen LogP contribution in [-0.2, 0) is 4.20 Å². The summed E-state index contributed by atoms with van der Waals surface area (Å²) in [5, 5.41) is 8.38. The predicted molar refractivity (Wildman–Crippen MR) is 142 cm³/mol. The van der Waals surface area contributed by atoms with Crippen LogP contribution in [0.1, 0.15) is 24.8 Å². The molecule has 5 heteroatoms. The van der Waals surface area contributed by atoms with Gasteiger partial charge in [-0.15, -0.1) is 0 Å². The SMILES string of the molecule is [As]C1(c2ccc(-c3nc4c(-c5ccc6cn[nH]c6c5)cccn4c3-c3ccccc3)cc2)CCC1. The van der Waals surface area contributed by atoms with Crippen LogP contribution in [0.4, 0.5) is 0 Å². The molecule has 0 bridgehead atoms. The zero-order valence-corrected chi connectivity index (χ0v) is 21.0. The number of imidazole rings is 1. The van der Waals surface area contributed by atoms with Crippen LogP contribution in [0.25, 0.3) is 50.2 Å². The van der Waals surface area contributed by atoms with Crippen molar-refractivity contribution in [1.29, 1.82) is 0 Å². The van der Waals surface area contributed by atoms with E-state index in [-0.39, 0.29) is 4.20 Å². The molecule has 1 fully saturated rings. The molecule has 0 unspecified atom stereocenters. The first-order valence-corrected chi connectivity index (χ1v) is 13.0. The summed E-state index contributed by atoms with van der Waals surface area (Å²) in [5.41, 5.74) is 10.0. The van der Waals surface area contributed by atoms with Gasteiger partial charge in [0.1, 0.15) is 0 Å². The number of nitrogens with one attached hydrogen (secondary N) is 1. The number of aromatic nitrogens is 4. The Bertz CT molecular complexity index is 1680. The first-order chi connectivity index (χ1) is 17.2. The molecular weight excluding hydrogens is 491 g/mol. The van der Waals surface area contributed by atoms with Crippen molar-refractivity contribution < 1.29 is 0 Å². The van der Waals surface area contributed by atoms with Gasteiger partial charge in [-0.2, -0.15) is 5.10 Å². The maximum atomic E-state index is 5.26. The summed E-state index contributed by atoms with van der Waals surface area (Å²) in [5.74, 6) is 0. The standard InChI is InChI=1S/C30H23AsN4/c31-30(15-5-16-30)24-13-11-20(12-14-24)27-28(21-6-2-1-3-7-21)35-17-4-8-25(29(35)33-27)22-9-10-23-19-32-34-26(23)18-22/h1-4,6-14,17-19H,5,15-16H2,(H,32,34). The summed E-state index contributed by atoms with van der Waals surface area (Å²) in [7, 11) is 0. The third-order valence-corrected chi connectivity index (χ3v) is 8.81. The van der Waals surface area contributed by atoms with Gasteiger partial charge < -0.3 is 0 Å². The molecule has 2 radical (unpaired) electrons. The van der Waals surface area contributed by atoms with Gasteiger partial charge in [0.25, 0.3) is 0 Å². The number of benzene rings is 3. The molecule has 0 spiro atoms. The second kappa shape index (κ2) is 7.96. The Kier molecular flexibility index (Phi) is 4.72. The van der Waals surface area contributed by atoms with E-state index >= 15 is 0 Å². The third kappa shape index (κ3) is 3.36. The first kappa shape index (κ1) is 20.7. The van der Waals surface area contributed by atoms with E-state index in [1.807, 2.05) is 6.20 Å². The summed E-state index contributed by atoms with van der Waals surface area (Å²) >= 11 is 2.91. The van der Waals surface area contributed by atoms with E-state index in [0.717, 1.165) is 50.2 Å². The number of hydrogen-bond acceptors (Lipinski definition) is 2. The molecule has 1 aliphatic rings. The Morgan fingerprint density at radius 3 is 2.40 bits per heavy atom. The number of hydrogen-bond donors (Lipinski definition) is 1. The topological polar surface area (TPSA) is 46.0 Å². The Morgan fingerprint density at radius 1 is 0.829 bits per heavy atom. The second-order valence-electron chi connectivity index (χ2n) is 9.43. The summed E-state index contributed by atoms with van der Waals surface area (Å²) in [6.45, 7) is 0. The molecule has 0 atom stereocenters. The summed E-state index contributed by atoms with van der Waals surface area (Å²) < 4.78 is 2.50. The molecule has 3 heterocycles. The molecule has 7 rings (SSSR count). The Balaban J connectivity index is 1.44. The number of rotatable bonds is 4. The van der Waals surface area contributed by atoms with Crippen molar-refractivity contribution in [2.45, 2.75) is 23.5 Å². The van der Waals surface area contributed by atoms with Gasteiger partial charge in [0.2, 0.25) is 0 Å². The van der Waals surface area contributed by atoms with Gasteiger partial charge in [-0.3, -0.25) is 5.10 Å². The molecule has 1 saturated carbocycles. The van der Waals surface area contributed by atoms with E-state index in [1.54, 1.807) is 0 Å². The van der Waals surface area contributed by atoms with Crippen molar-refractivity contribution in [2.75, 3.05) is 0 Å². The summed E-state index contributed by atoms with van der Waals surface area (Å²) in [6.07, 6.45) is 7.79. The first-order valence-electron chi connectivity index (χ1n) is 12.0. The Hall–Kier alpha value is -3.62. The van der Waals surface area contributed by atoms with Crippen molar-refractivity contribution in [3.05, 3.63) is 103 Å². The average Bonchev–Trinajstić information content (AvgIpc) is 3.52. The van der Waals surface area contributed by atoms with E-state index in [2.05, 4.69) is 123 Å². The molecule has 0 amide bonds. The zero-order valence-electron chi connectivity index (χ0n) is 19.1. The van der Waals surface area contributed by atoms with Crippen LogP contribution in [0.15, 0.2) is 97.3 Å². The second-order valence-corrected chi connectivity index (χ2v) is 11.2. The Labute approximate surface area is 212 Å². The van der Waals surface area contributed by atoms with Gasteiger partial charge in [-0.25, -0.2) is 0 Å². The average molecular weight is 514 g/mol. The van der Waals surface area contributed by atoms with Gasteiger partial charge in [0, 0.05) is 5.39 Å². The maximum absolute atomic E-state index is 5.26. The van der Waals surface area contributed by atoms with Crippen LogP contribution in [0.2, 0.25) is 0 Å². The third-order valence-electron chi connectivity index (χ3n) is 7.33. The molecule has 168 valence electrons. The van der Waals surface area contributed by atoms with Crippen LogP contribution in [0, 0.1) is 0 Å². The normalized spacial score (nSPS) is 14.9.